The van der Waals surface area contributed by atoms with Gasteiger partial charge >= 0.3 is 0 Å². The van der Waals surface area contributed by atoms with E-state index in [-0.39, 0.29) is 11.8 Å². The van der Waals surface area contributed by atoms with E-state index in [4.69, 9.17) is 14.6 Å². The molecule has 0 radical (unpaired) electrons. The monoisotopic (exact) mass is 417 g/mol. The molecule has 0 bridgehead atoms. The lowest BCUT2D eigenvalue weighted by Gasteiger charge is -2.22. The second kappa shape index (κ2) is 8.23. The largest absolute Gasteiger partial charge is 0.508 e. The highest BCUT2D eigenvalue weighted by Crippen LogP contribution is 2.36. The minimum absolute atomic E-state index is 0.213. The molecule has 0 saturated carbocycles. The Hall–Kier alpha value is -3.65. The summed E-state index contributed by atoms with van der Waals surface area (Å²) in [4.78, 5) is 9.11. The van der Waals surface area contributed by atoms with Gasteiger partial charge in [0.2, 0.25) is 0 Å². The van der Waals surface area contributed by atoms with Crippen molar-refractivity contribution in [3.63, 3.8) is 0 Å². The fourth-order valence-electron chi connectivity index (χ4n) is 3.88. The summed E-state index contributed by atoms with van der Waals surface area (Å²) in [6.07, 6.45) is 3.34. The zero-order chi connectivity index (χ0) is 21.2. The summed E-state index contributed by atoms with van der Waals surface area (Å²) in [6.45, 7) is 1.43. The summed E-state index contributed by atoms with van der Waals surface area (Å²) >= 11 is 0. The van der Waals surface area contributed by atoms with Gasteiger partial charge in [0.05, 0.1) is 18.5 Å². The fraction of sp³-hybridized carbons (Fsp3) is 0.261. The number of rotatable bonds is 5. The Balaban J connectivity index is 1.66. The van der Waals surface area contributed by atoms with Gasteiger partial charge in [-0.15, -0.1) is 0 Å². The van der Waals surface area contributed by atoms with Gasteiger partial charge in [-0.25, -0.2) is 14.6 Å². The van der Waals surface area contributed by atoms with E-state index >= 15 is 0 Å². The number of aromatic nitrogens is 4. The molecule has 0 aliphatic carbocycles. The van der Waals surface area contributed by atoms with Crippen LogP contribution < -0.4 is 10.1 Å². The van der Waals surface area contributed by atoms with Gasteiger partial charge in [0, 0.05) is 24.5 Å². The van der Waals surface area contributed by atoms with Gasteiger partial charge in [0.1, 0.15) is 29.3 Å². The maximum absolute atomic E-state index is 9.59. The smallest absolute Gasteiger partial charge is 0.164 e. The van der Waals surface area contributed by atoms with E-state index in [1.807, 2.05) is 28.9 Å². The Morgan fingerprint density at radius 1 is 1.03 bits per heavy atom. The van der Waals surface area contributed by atoms with Crippen molar-refractivity contribution in [1.82, 2.24) is 19.7 Å². The molecule has 1 saturated heterocycles. The van der Waals surface area contributed by atoms with Gasteiger partial charge < -0.3 is 19.9 Å². The molecule has 4 aromatic rings. The van der Waals surface area contributed by atoms with E-state index in [9.17, 15) is 5.11 Å². The average molecular weight is 417 g/mol. The third-order valence-corrected chi connectivity index (χ3v) is 5.52. The van der Waals surface area contributed by atoms with E-state index in [1.54, 1.807) is 37.7 Å². The van der Waals surface area contributed by atoms with Crippen molar-refractivity contribution < 1.29 is 14.6 Å². The van der Waals surface area contributed by atoms with Crippen molar-refractivity contribution in [2.75, 3.05) is 25.6 Å². The highest BCUT2D eigenvalue weighted by atomic mass is 16.5. The van der Waals surface area contributed by atoms with E-state index in [1.165, 1.54) is 0 Å². The number of phenolic OH excluding ortho intramolecular Hbond substituents is 1. The quantitative estimate of drug-likeness (QED) is 0.468. The number of methoxy groups -OCH3 is 1. The van der Waals surface area contributed by atoms with Gasteiger partial charge in [-0.3, -0.25) is 0 Å². The number of nitrogens with zero attached hydrogens (tertiary/aromatic N) is 4. The molecule has 0 spiro atoms. The number of hydrogen-bond acceptors (Lipinski definition) is 7. The van der Waals surface area contributed by atoms with E-state index < -0.39 is 0 Å². The Morgan fingerprint density at radius 2 is 1.77 bits per heavy atom. The molecule has 8 nitrogen and oxygen atoms in total. The van der Waals surface area contributed by atoms with Crippen molar-refractivity contribution in [2.24, 2.45) is 0 Å². The lowest BCUT2D eigenvalue weighted by Crippen LogP contribution is -2.20. The van der Waals surface area contributed by atoms with Crippen LogP contribution in [-0.2, 0) is 4.74 Å². The molecule has 2 aromatic heterocycles. The van der Waals surface area contributed by atoms with E-state index in [0.717, 1.165) is 46.6 Å². The predicted molar refractivity (Wildman–Crippen MR) is 118 cm³/mol. The SMILES string of the molecule is COc1ccc(-c2nn(C3CCOCC3)c3ncnc(Nc4ccc(O)cc4)c23)cc1. The Morgan fingerprint density at radius 3 is 2.48 bits per heavy atom. The molecule has 3 heterocycles. The lowest BCUT2D eigenvalue weighted by molar-refractivity contribution is 0.0674. The molecular weight excluding hydrogens is 394 g/mol. The number of fused-ring (bicyclic) bond motifs is 1. The highest BCUT2D eigenvalue weighted by Gasteiger charge is 2.24. The van der Waals surface area contributed by atoms with Gasteiger partial charge in [0.25, 0.3) is 0 Å². The van der Waals surface area contributed by atoms with Gasteiger partial charge in [0.15, 0.2) is 5.65 Å². The van der Waals surface area contributed by atoms with Crippen LogP contribution in [0.3, 0.4) is 0 Å². The molecule has 2 aromatic carbocycles. The molecule has 0 unspecified atom stereocenters. The molecule has 0 atom stereocenters. The van der Waals surface area contributed by atoms with Gasteiger partial charge in [-0.05, 0) is 61.4 Å². The first-order chi connectivity index (χ1) is 15.2. The van der Waals surface area contributed by atoms with Gasteiger partial charge in [-0.1, -0.05) is 0 Å². The zero-order valence-corrected chi connectivity index (χ0v) is 17.2. The molecule has 1 aliphatic heterocycles. The number of ether oxygens (including phenoxy) is 2. The maximum atomic E-state index is 9.59. The topological polar surface area (TPSA) is 94.3 Å². The second-order valence-electron chi connectivity index (χ2n) is 7.46. The molecular formula is C23H23N5O3. The first-order valence-corrected chi connectivity index (χ1v) is 10.2. The lowest BCUT2D eigenvalue weighted by atomic mass is 10.1. The predicted octanol–water partition coefficient (Wildman–Crippen LogP) is 4.30. The molecule has 1 fully saturated rings. The van der Waals surface area contributed by atoms with Crippen LogP contribution in [0.1, 0.15) is 18.9 Å². The highest BCUT2D eigenvalue weighted by molar-refractivity contribution is 6.00. The summed E-state index contributed by atoms with van der Waals surface area (Å²) < 4.78 is 12.9. The maximum Gasteiger partial charge on any atom is 0.164 e. The molecule has 8 heteroatoms. The normalized spacial score (nSPS) is 14.6. The summed E-state index contributed by atoms with van der Waals surface area (Å²) in [5.74, 6) is 1.67. The summed E-state index contributed by atoms with van der Waals surface area (Å²) in [5.41, 5.74) is 3.37. The first-order valence-electron chi connectivity index (χ1n) is 10.2. The van der Waals surface area contributed by atoms with Crippen LogP contribution in [0.4, 0.5) is 11.5 Å². The van der Waals surface area contributed by atoms with Crippen molar-refractivity contribution >= 4 is 22.5 Å². The first kappa shape index (κ1) is 19.3. The minimum atomic E-state index is 0.213. The van der Waals surface area contributed by atoms with Crippen LogP contribution in [0.15, 0.2) is 54.9 Å². The number of phenols is 1. The van der Waals surface area contributed by atoms with Crippen LogP contribution in [-0.4, -0.2) is 45.2 Å². The molecule has 0 amide bonds. The van der Waals surface area contributed by atoms with Crippen LogP contribution in [0.2, 0.25) is 0 Å². The van der Waals surface area contributed by atoms with Crippen LogP contribution in [0, 0.1) is 0 Å². The third kappa shape index (κ3) is 3.77. The number of aromatic hydroxyl groups is 1. The van der Waals surface area contributed by atoms with Crippen molar-refractivity contribution in [3.05, 3.63) is 54.9 Å². The Bertz CT molecular complexity index is 1180. The number of benzene rings is 2. The summed E-state index contributed by atoms with van der Waals surface area (Å²) in [5, 5.41) is 18.8. The van der Waals surface area contributed by atoms with E-state index in [2.05, 4.69) is 15.3 Å². The average Bonchev–Trinajstić information content (AvgIpc) is 3.22. The molecule has 2 N–H and O–H groups in total. The van der Waals surface area contributed by atoms with Crippen LogP contribution >= 0.6 is 0 Å². The van der Waals surface area contributed by atoms with E-state index in [0.29, 0.717) is 19.0 Å². The number of hydrogen-bond donors (Lipinski definition) is 2. The van der Waals surface area contributed by atoms with Crippen molar-refractivity contribution in [3.8, 4) is 22.8 Å². The third-order valence-electron chi connectivity index (χ3n) is 5.52. The second-order valence-corrected chi connectivity index (χ2v) is 7.46. The van der Waals surface area contributed by atoms with Crippen LogP contribution in [0.25, 0.3) is 22.3 Å². The standard InChI is InChI=1S/C23H23N5O3/c1-30-19-8-2-15(3-9-19)21-20-22(26-16-4-6-18(29)7-5-16)24-14-25-23(20)28(27-21)17-10-12-31-13-11-17/h2-9,14,17,29H,10-13H2,1H3,(H,24,25,26). The Labute approximate surface area is 179 Å². The minimum Gasteiger partial charge on any atom is -0.508 e. The zero-order valence-electron chi connectivity index (χ0n) is 17.2. The summed E-state index contributed by atoms with van der Waals surface area (Å²) in [6, 6.07) is 14.9. The Kier molecular flexibility index (Phi) is 5.13. The number of nitrogens with one attached hydrogen (secondary N) is 1. The summed E-state index contributed by atoms with van der Waals surface area (Å²) in [7, 11) is 1.65. The molecule has 158 valence electrons. The van der Waals surface area contributed by atoms with Crippen LogP contribution in [0.5, 0.6) is 11.5 Å². The van der Waals surface area contributed by atoms with Gasteiger partial charge in [-0.2, -0.15) is 5.10 Å². The van der Waals surface area contributed by atoms with Crippen molar-refractivity contribution in [1.29, 1.82) is 0 Å². The molecule has 5 rings (SSSR count). The molecule has 1 aliphatic rings. The van der Waals surface area contributed by atoms with Crippen molar-refractivity contribution in [2.45, 2.75) is 18.9 Å². The molecule has 31 heavy (non-hydrogen) atoms. The fourth-order valence-corrected chi connectivity index (χ4v) is 3.88. The number of anilines is 2.